The van der Waals surface area contributed by atoms with Crippen molar-refractivity contribution >= 4 is 67.3 Å². The fraction of sp³-hybridized carbons (Fsp3) is 0.138. The first-order chi connectivity index (χ1) is 19.3. The second-order valence-corrected chi connectivity index (χ2v) is 12.4. The summed E-state index contributed by atoms with van der Waals surface area (Å²) in [5, 5.41) is 20.5. The van der Waals surface area contributed by atoms with Gasteiger partial charge in [-0.1, -0.05) is 87.6 Å². The van der Waals surface area contributed by atoms with Crippen molar-refractivity contribution < 1.29 is 14.7 Å². The number of rotatable bonds is 6. The van der Waals surface area contributed by atoms with E-state index >= 15 is 0 Å². The van der Waals surface area contributed by atoms with Gasteiger partial charge in [0.2, 0.25) is 5.13 Å². The van der Waals surface area contributed by atoms with Crippen molar-refractivity contribution in [1.82, 2.24) is 19.6 Å². The molecule has 1 amide bonds. The molecule has 0 radical (unpaired) electrons. The van der Waals surface area contributed by atoms with Crippen molar-refractivity contribution in [3.8, 4) is 0 Å². The number of ketones is 1. The Labute approximate surface area is 246 Å². The second kappa shape index (κ2) is 10.6. The van der Waals surface area contributed by atoms with Crippen molar-refractivity contribution in [3.63, 3.8) is 0 Å². The number of hydrogen-bond donors (Lipinski definition) is 1. The van der Waals surface area contributed by atoms with Gasteiger partial charge in [-0.25, -0.2) is 4.98 Å². The van der Waals surface area contributed by atoms with Crippen LogP contribution in [0, 0.1) is 13.8 Å². The Hall–Kier alpha value is -3.80. The molecule has 0 saturated carbocycles. The van der Waals surface area contributed by atoms with Gasteiger partial charge in [0.1, 0.15) is 11.3 Å². The first-order valence-electron chi connectivity index (χ1n) is 12.3. The number of nitrogens with zero attached hydrogens (tertiary/aromatic N) is 5. The normalized spacial score (nSPS) is 16.8. The number of carbonyl (C=O) groups is 2. The summed E-state index contributed by atoms with van der Waals surface area (Å²) in [5.74, 6) is -1.20. The van der Waals surface area contributed by atoms with Crippen molar-refractivity contribution in [3.05, 3.63) is 111 Å². The van der Waals surface area contributed by atoms with Crippen LogP contribution in [-0.4, -0.2) is 36.4 Å². The van der Waals surface area contributed by atoms with E-state index in [1.54, 1.807) is 0 Å². The molecular weight excluding hydrogens is 610 g/mol. The second-order valence-electron chi connectivity index (χ2n) is 9.28. The molecule has 1 atom stereocenters. The molecular formula is C29H22BrN5O3S2. The maximum atomic E-state index is 13.6. The van der Waals surface area contributed by atoms with Gasteiger partial charge in [0.25, 0.3) is 5.78 Å². The summed E-state index contributed by atoms with van der Waals surface area (Å²) >= 11 is 6.19. The van der Waals surface area contributed by atoms with Gasteiger partial charge in [-0.3, -0.25) is 14.5 Å². The average molecular weight is 633 g/mol. The highest BCUT2D eigenvalue weighted by Gasteiger charge is 2.48. The molecule has 3 aromatic heterocycles. The third kappa shape index (κ3) is 4.63. The van der Waals surface area contributed by atoms with E-state index in [-0.39, 0.29) is 22.2 Å². The van der Waals surface area contributed by atoms with Gasteiger partial charge >= 0.3 is 5.91 Å². The van der Waals surface area contributed by atoms with E-state index in [1.807, 2.05) is 91.2 Å². The summed E-state index contributed by atoms with van der Waals surface area (Å²) in [6.45, 7) is 3.75. The zero-order valence-corrected chi connectivity index (χ0v) is 24.6. The van der Waals surface area contributed by atoms with Crippen LogP contribution in [0.2, 0.25) is 0 Å². The number of aliphatic hydroxyl groups excluding tert-OH is 1. The van der Waals surface area contributed by atoms with Gasteiger partial charge < -0.3 is 9.51 Å². The molecule has 1 aliphatic heterocycles. The summed E-state index contributed by atoms with van der Waals surface area (Å²) < 4.78 is 3.37. The molecule has 200 valence electrons. The predicted molar refractivity (Wildman–Crippen MR) is 160 cm³/mol. The van der Waals surface area contributed by atoms with E-state index in [0.29, 0.717) is 27.0 Å². The summed E-state index contributed by atoms with van der Waals surface area (Å²) in [6.07, 6.45) is 1.85. The Morgan fingerprint density at radius 1 is 1.02 bits per heavy atom. The molecule has 11 heteroatoms. The van der Waals surface area contributed by atoms with E-state index in [9.17, 15) is 14.7 Å². The third-order valence-corrected chi connectivity index (χ3v) is 9.40. The number of fused-ring (bicyclic) bond motifs is 1. The van der Waals surface area contributed by atoms with Crippen LogP contribution in [0.1, 0.15) is 34.1 Å². The van der Waals surface area contributed by atoms with Crippen LogP contribution in [0.25, 0.3) is 11.4 Å². The number of carbonyl (C=O) groups excluding carboxylic acids is 2. The lowest BCUT2D eigenvalue weighted by Crippen LogP contribution is -2.29. The van der Waals surface area contributed by atoms with Crippen molar-refractivity contribution in [2.45, 2.75) is 30.0 Å². The van der Waals surface area contributed by atoms with Crippen LogP contribution < -0.4 is 4.90 Å². The lowest BCUT2D eigenvalue weighted by Gasteiger charge is -2.22. The molecule has 8 nitrogen and oxygen atoms in total. The number of halogens is 1. The van der Waals surface area contributed by atoms with Gasteiger partial charge in [-0.05, 0) is 48.7 Å². The summed E-state index contributed by atoms with van der Waals surface area (Å²) in [7, 11) is 0. The molecule has 6 rings (SSSR count). The highest BCUT2D eigenvalue weighted by atomic mass is 79.9. The van der Waals surface area contributed by atoms with Gasteiger partial charge in [0, 0.05) is 16.4 Å². The summed E-state index contributed by atoms with van der Waals surface area (Å²) in [4.78, 5) is 33.1. The molecule has 4 heterocycles. The van der Waals surface area contributed by atoms with E-state index in [1.165, 1.54) is 28.0 Å². The standard InChI is InChI=1S/C29H22BrN5O3S2/c1-16-7-6-14-34-17(2)22(31-26(16)34)24(36)21-23(19-10-12-20(30)13-11-19)35(27(38)25(21)37)28-32-33-29(40-28)39-15-18-8-4-3-5-9-18/h3-14,23,36H,15H2,1-2H3/b24-21+. The Bertz CT molecular complexity index is 1800. The SMILES string of the molecule is Cc1cccn2c(C)c(/C(O)=C3\C(=O)C(=O)N(c4nnc(SCc5ccccc5)s4)C3c3ccc(Br)cc3)nc12. The van der Waals surface area contributed by atoms with E-state index < -0.39 is 17.7 Å². The van der Waals surface area contributed by atoms with Gasteiger partial charge in [-0.15, -0.1) is 10.2 Å². The van der Waals surface area contributed by atoms with Crippen LogP contribution >= 0.6 is 39.0 Å². The van der Waals surface area contributed by atoms with Crippen LogP contribution in [0.15, 0.2) is 87.3 Å². The summed E-state index contributed by atoms with van der Waals surface area (Å²) in [6, 6.07) is 20.2. The quantitative estimate of drug-likeness (QED) is 0.0752. The Morgan fingerprint density at radius 3 is 2.50 bits per heavy atom. The van der Waals surface area contributed by atoms with Gasteiger partial charge in [-0.2, -0.15) is 0 Å². The fourth-order valence-electron chi connectivity index (χ4n) is 4.74. The number of anilines is 1. The van der Waals surface area contributed by atoms with Crippen LogP contribution in [-0.2, 0) is 15.3 Å². The van der Waals surface area contributed by atoms with Crippen LogP contribution in [0.4, 0.5) is 5.13 Å². The molecule has 0 aliphatic carbocycles. The predicted octanol–water partition coefficient (Wildman–Crippen LogP) is 6.48. The number of benzene rings is 2. The fourth-order valence-corrected chi connectivity index (χ4v) is 6.83. The third-order valence-electron chi connectivity index (χ3n) is 6.75. The number of aryl methyl sites for hydroxylation is 2. The van der Waals surface area contributed by atoms with Crippen molar-refractivity contribution in [1.29, 1.82) is 0 Å². The maximum Gasteiger partial charge on any atom is 0.301 e. The molecule has 1 N–H and O–H groups in total. The van der Waals surface area contributed by atoms with Crippen LogP contribution in [0.3, 0.4) is 0 Å². The zero-order valence-electron chi connectivity index (χ0n) is 21.4. The molecule has 0 bridgehead atoms. The first kappa shape index (κ1) is 26.4. The van der Waals surface area contributed by atoms with E-state index in [0.717, 1.165) is 15.6 Å². The Balaban J connectivity index is 1.45. The van der Waals surface area contributed by atoms with Crippen molar-refractivity contribution in [2.24, 2.45) is 0 Å². The molecule has 1 unspecified atom stereocenters. The number of Topliss-reactive ketones (excluding diaryl/α,β-unsaturated/α-hetero) is 1. The van der Waals surface area contributed by atoms with Gasteiger partial charge in [0.05, 0.1) is 17.3 Å². The monoisotopic (exact) mass is 631 g/mol. The number of aromatic nitrogens is 4. The molecule has 1 fully saturated rings. The zero-order chi connectivity index (χ0) is 28.0. The number of imidazole rings is 1. The van der Waals surface area contributed by atoms with E-state index in [2.05, 4.69) is 31.1 Å². The largest absolute Gasteiger partial charge is 0.505 e. The minimum atomic E-state index is -0.904. The van der Waals surface area contributed by atoms with Gasteiger partial charge in [0.15, 0.2) is 10.1 Å². The molecule has 5 aromatic rings. The molecule has 40 heavy (non-hydrogen) atoms. The Kier molecular flexibility index (Phi) is 7.03. The highest BCUT2D eigenvalue weighted by molar-refractivity contribution is 9.10. The number of aliphatic hydroxyl groups is 1. The lowest BCUT2D eigenvalue weighted by atomic mass is 9.96. The average Bonchev–Trinajstić information content (AvgIpc) is 3.64. The molecule has 1 saturated heterocycles. The number of thioether (sulfide) groups is 1. The number of amides is 1. The lowest BCUT2D eigenvalue weighted by molar-refractivity contribution is -0.132. The van der Waals surface area contributed by atoms with Crippen molar-refractivity contribution in [2.75, 3.05) is 4.90 Å². The summed E-state index contributed by atoms with van der Waals surface area (Å²) in [5.41, 5.74) is 4.25. The number of hydrogen-bond acceptors (Lipinski definition) is 8. The van der Waals surface area contributed by atoms with Crippen LogP contribution in [0.5, 0.6) is 0 Å². The highest BCUT2D eigenvalue weighted by Crippen LogP contribution is 2.44. The smallest absolute Gasteiger partial charge is 0.301 e. The molecule has 0 spiro atoms. The maximum absolute atomic E-state index is 13.6. The minimum Gasteiger partial charge on any atom is -0.505 e. The van der Waals surface area contributed by atoms with E-state index in [4.69, 9.17) is 0 Å². The molecule has 2 aromatic carbocycles. The Morgan fingerprint density at radius 2 is 1.77 bits per heavy atom. The number of pyridine rings is 1. The first-order valence-corrected chi connectivity index (χ1v) is 14.9. The topological polar surface area (TPSA) is 101 Å². The molecule has 1 aliphatic rings. The minimum absolute atomic E-state index is 0.0369.